The van der Waals surface area contributed by atoms with Crippen LogP contribution in [0.1, 0.15) is 6.92 Å². The van der Waals surface area contributed by atoms with Gasteiger partial charge in [-0.2, -0.15) is 0 Å². The van der Waals surface area contributed by atoms with E-state index in [9.17, 15) is 4.57 Å². The van der Waals surface area contributed by atoms with Gasteiger partial charge in [0.1, 0.15) is 0 Å². The molecule has 0 aliphatic rings. The monoisotopic (exact) mass is 184 g/mol. The molecule has 0 bridgehead atoms. The average molecular weight is 184 g/mol. The maximum absolute atomic E-state index is 11.2. The van der Waals surface area contributed by atoms with Gasteiger partial charge in [0, 0.05) is 14.2 Å². The standard InChI is InChI=1S/C5H13O5P/c1-4(6)5(7)11(8,9-2)10-3/h4-7H,1-3H3/t4-,5-/m0/s1. The van der Waals surface area contributed by atoms with Crippen molar-refractivity contribution in [1.29, 1.82) is 0 Å². The molecule has 0 heterocycles. The summed E-state index contributed by atoms with van der Waals surface area (Å²) in [7, 11) is -1.23. The van der Waals surface area contributed by atoms with Crippen LogP contribution in [0.4, 0.5) is 0 Å². The van der Waals surface area contributed by atoms with Crippen LogP contribution in [0.15, 0.2) is 0 Å². The van der Waals surface area contributed by atoms with Gasteiger partial charge in [-0.05, 0) is 6.92 Å². The van der Waals surface area contributed by atoms with Crippen molar-refractivity contribution in [1.82, 2.24) is 0 Å². The van der Waals surface area contributed by atoms with E-state index in [-0.39, 0.29) is 0 Å². The number of hydrogen-bond donors (Lipinski definition) is 2. The van der Waals surface area contributed by atoms with E-state index in [2.05, 4.69) is 9.05 Å². The van der Waals surface area contributed by atoms with Gasteiger partial charge >= 0.3 is 7.60 Å². The third-order valence-electron chi connectivity index (χ3n) is 1.26. The summed E-state index contributed by atoms with van der Waals surface area (Å²) in [5, 5.41) is 17.9. The summed E-state index contributed by atoms with van der Waals surface area (Å²) in [6.45, 7) is 1.30. The number of aliphatic hydroxyl groups is 2. The smallest absolute Gasteiger partial charge is 0.361 e. The Balaban J connectivity index is 4.38. The van der Waals surface area contributed by atoms with E-state index in [0.29, 0.717) is 0 Å². The Bertz CT molecular complexity index is 149. The van der Waals surface area contributed by atoms with Crippen molar-refractivity contribution in [2.75, 3.05) is 14.2 Å². The molecule has 0 saturated carbocycles. The maximum atomic E-state index is 11.2. The van der Waals surface area contributed by atoms with Gasteiger partial charge in [0.15, 0.2) is 5.85 Å². The molecular formula is C5H13O5P. The van der Waals surface area contributed by atoms with Crippen molar-refractivity contribution in [3.8, 4) is 0 Å². The van der Waals surface area contributed by atoms with Crippen molar-refractivity contribution in [3.63, 3.8) is 0 Å². The zero-order valence-electron chi connectivity index (χ0n) is 6.72. The summed E-state index contributed by atoms with van der Waals surface area (Å²) >= 11 is 0. The van der Waals surface area contributed by atoms with Crippen LogP contribution < -0.4 is 0 Å². The molecule has 0 spiro atoms. The van der Waals surface area contributed by atoms with Crippen molar-refractivity contribution < 1.29 is 23.8 Å². The highest BCUT2D eigenvalue weighted by atomic mass is 31.2. The predicted molar refractivity (Wildman–Crippen MR) is 39.3 cm³/mol. The first-order valence-electron chi connectivity index (χ1n) is 3.05. The van der Waals surface area contributed by atoms with Crippen molar-refractivity contribution in [2.45, 2.75) is 18.9 Å². The summed E-state index contributed by atoms with van der Waals surface area (Å²) in [6, 6.07) is 0. The molecule has 0 rings (SSSR count). The second-order valence-electron chi connectivity index (χ2n) is 2.06. The van der Waals surface area contributed by atoms with Crippen LogP contribution in [-0.2, 0) is 13.6 Å². The Morgan fingerprint density at radius 3 is 1.73 bits per heavy atom. The molecule has 6 heteroatoms. The summed E-state index contributed by atoms with van der Waals surface area (Å²) in [5.74, 6) is -1.49. The molecule has 5 nitrogen and oxygen atoms in total. The number of rotatable bonds is 4. The van der Waals surface area contributed by atoms with Gasteiger partial charge in [-0.15, -0.1) is 0 Å². The second-order valence-corrected chi connectivity index (χ2v) is 4.40. The third kappa shape index (κ3) is 2.54. The first kappa shape index (κ1) is 11.1. The predicted octanol–water partition coefficient (Wildman–Crippen LogP) is 0.171. The van der Waals surface area contributed by atoms with E-state index in [1.165, 1.54) is 6.92 Å². The molecule has 0 saturated heterocycles. The van der Waals surface area contributed by atoms with Gasteiger partial charge in [-0.1, -0.05) is 0 Å². The molecule has 2 atom stereocenters. The Morgan fingerprint density at radius 2 is 1.64 bits per heavy atom. The fourth-order valence-corrected chi connectivity index (χ4v) is 1.66. The molecular weight excluding hydrogens is 171 g/mol. The summed E-state index contributed by atoms with van der Waals surface area (Å²) in [6.07, 6.45) is -1.14. The maximum Gasteiger partial charge on any atom is 0.361 e. The van der Waals surface area contributed by atoms with Gasteiger partial charge in [0.25, 0.3) is 0 Å². The minimum absolute atomic E-state index is 1.14. The van der Waals surface area contributed by atoms with Gasteiger partial charge in [0.2, 0.25) is 0 Å². The second kappa shape index (κ2) is 4.18. The van der Waals surface area contributed by atoms with Crippen LogP contribution in [0.25, 0.3) is 0 Å². The van der Waals surface area contributed by atoms with Crippen LogP contribution in [0, 0.1) is 0 Å². The fourth-order valence-electron chi connectivity index (χ4n) is 0.555. The third-order valence-corrected chi connectivity index (χ3v) is 3.36. The summed E-state index contributed by atoms with van der Waals surface area (Å²) < 4.78 is 20.1. The molecule has 0 aliphatic carbocycles. The van der Waals surface area contributed by atoms with E-state index >= 15 is 0 Å². The largest absolute Gasteiger partial charge is 0.390 e. The number of hydrogen-bond acceptors (Lipinski definition) is 5. The Labute approximate surface area is 65.5 Å². The number of aliphatic hydroxyl groups excluding tert-OH is 2. The normalized spacial score (nSPS) is 17.9. The van der Waals surface area contributed by atoms with E-state index in [1.54, 1.807) is 0 Å². The lowest BCUT2D eigenvalue weighted by Crippen LogP contribution is -2.23. The van der Waals surface area contributed by atoms with Gasteiger partial charge in [0.05, 0.1) is 6.10 Å². The molecule has 0 radical (unpaired) electrons. The van der Waals surface area contributed by atoms with Crippen molar-refractivity contribution in [2.24, 2.45) is 0 Å². The van der Waals surface area contributed by atoms with Crippen LogP contribution >= 0.6 is 7.60 Å². The molecule has 0 aromatic rings. The summed E-state index contributed by atoms with van der Waals surface area (Å²) in [5.41, 5.74) is 0. The lowest BCUT2D eigenvalue weighted by molar-refractivity contribution is 0.0576. The first-order chi connectivity index (χ1) is 4.98. The lowest BCUT2D eigenvalue weighted by Gasteiger charge is -2.21. The molecule has 0 aromatic heterocycles. The van der Waals surface area contributed by atoms with E-state index in [0.717, 1.165) is 14.2 Å². The highest BCUT2D eigenvalue weighted by molar-refractivity contribution is 7.54. The molecule has 0 aliphatic heterocycles. The lowest BCUT2D eigenvalue weighted by atomic mass is 10.4. The molecule has 0 fully saturated rings. The van der Waals surface area contributed by atoms with Crippen LogP contribution in [0.2, 0.25) is 0 Å². The fraction of sp³-hybridized carbons (Fsp3) is 1.00. The highest BCUT2D eigenvalue weighted by Gasteiger charge is 2.35. The van der Waals surface area contributed by atoms with Crippen LogP contribution in [-0.4, -0.2) is 36.4 Å². The van der Waals surface area contributed by atoms with Crippen molar-refractivity contribution >= 4 is 7.60 Å². The molecule has 2 N–H and O–H groups in total. The SMILES string of the molecule is COP(=O)(OC)[C@H](O)[C@H](C)O. The molecule has 68 valence electrons. The highest BCUT2D eigenvalue weighted by Crippen LogP contribution is 2.51. The summed E-state index contributed by atoms with van der Waals surface area (Å²) in [4.78, 5) is 0. The Morgan fingerprint density at radius 1 is 1.27 bits per heavy atom. The van der Waals surface area contributed by atoms with Crippen molar-refractivity contribution in [3.05, 3.63) is 0 Å². The van der Waals surface area contributed by atoms with E-state index in [1.807, 2.05) is 0 Å². The van der Waals surface area contributed by atoms with Crippen LogP contribution in [0.5, 0.6) is 0 Å². The molecule has 11 heavy (non-hydrogen) atoms. The zero-order valence-corrected chi connectivity index (χ0v) is 7.62. The topological polar surface area (TPSA) is 76.0 Å². The van der Waals surface area contributed by atoms with Gasteiger partial charge < -0.3 is 19.3 Å². The van der Waals surface area contributed by atoms with E-state index in [4.69, 9.17) is 10.2 Å². The average Bonchev–Trinajstić information content (AvgIpc) is 2.01. The Hall–Kier alpha value is 0.0700. The van der Waals surface area contributed by atoms with Gasteiger partial charge in [-0.25, -0.2) is 0 Å². The quantitative estimate of drug-likeness (QED) is 0.609. The Kier molecular flexibility index (Phi) is 4.21. The van der Waals surface area contributed by atoms with Gasteiger partial charge in [-0.3, -0.25) is 4.57 Å². The van der Waals surface area contributed by atoms with E-state index < -0.39 is 19.5 Å². The first-order valence-corrected chi connectivity index (χ1v) is 4.66. The molecule has 0 unspecified atom stereocenters. The minimum Gasteiger partial charge on any atom is -0.390 e. The zero-order chi connectivity index (χ0) is 9.07. The molecule has 0 aromatic carbocycles. The van der Waals surface area contributed by atoms with Crippen LogP contribution in [0.3, 0.4) is 0 Å². The molecule has 0 amide bonds. The minimum atomic E-state index is -3.52.